The summed E-state index contributed by atoms with van der Waals surface area (Å²) in [6.07, 6.45) is 0.694. The first-order chi connectivity index (χ1) is 6.91. The van der Waals surface area contributed by atoms with Crippen LogP contribution in [0.5, 0.6) is 0 Å². The molecule has 0 radical (unpaired) electrons. The predicted molar refractivity (Wildman–Crippen MR) is 67.8 cm³/mol. The van der Waals surface area contributed by atoms with Gasteiger partial charge in [-0.15, -0.1) is 0 Å². The zero-order valence-electron chi connectivity index (χ0n) is 10.1. The van der Waals surface area contributed by atoms with Gasteiger partial charge in [0.25, 0.3) is 0 Å². The Bertz CT molecular complexity index is 324. The predicted octanol–water partition coefficient (Wildman–Crippen LogP) is 3.63. The minimum Gasteiger partial charge on any atom is -0.300 e. The molecule has 0 N–H and O–H groups in total. The number of ketones is 1. The third kappa shape index (κ3) is 3.63. The van der Waals surface area contributed by atoms with Gasteiger partial charge in [0.15, 0.2) is 0 Å². The third-order valence-corrected chi connectivity index (χ3v) is 5.37. The summed E-state index contributed by atoms with van der Waals surface area (Å²) < 4.78 is 0. The summed E-state index contributed by atoms with van der Waals surface area (Å²) >= 11 is 0. The van der Waals surface area contributed by atoms with Crippen molar-refractivity contribution in [3.05, 3.63) is 35.9 Å². The second-order valence-corrected chi connectivity index (χ2v) is 10.7. The Morgan fingerprint density at radius 3 is 2.13 bits per heavy atom. The lowest BCUT2D eigenvalue weighted by Crippen LogP contribution is -2.32. The summed E-state index contributed by atoms with van der Waals surface area (Å²) in [4.78, 5) is 11.3. The minimum atomic E-state index is -1.31. The molecule has 0 amide bonds. The largest absolute Gasteiger partial charge is 0.300 e. The van der Waals surface area contributed by atoms with E-state index in [1.807, 2.05) is 6.07 Å². The topological polar surface area (TPSA) is 17.1 Å². The van der Waals surface area contributed by atoms with Gasteiger partial charge >= 0.3 is 0 Å². The van der Waals surface area contributed by atoms with Crippen LogP contribution in [0.25, 0.3) is 0 Å². The van der Waals surface area contributed by atoms with Crippen LogP contribution in [-0.2, 0) is 4.79 Å². The molecule has 1 atom stereocenters. The van der Waals surface area contributed by atoms with E-state index in [1.165, 1.54) is 5.56 Å². The molecule has 0 unspecified atom stereocenters. The summed E-state index contributed by atoms with van der Waals surface area (Å²) in [6, 6.07) is 10.4. The highest BCUT2D eigenvalue weighted by Gasteiger charge is 2.28. The monoisotopic (exact) mass is 220 g/mol. The molecule has 0 aliphatic heterocycles. The zero-order valence-corrected chi connectivity index (χ0v) is 11.1. The first kappa shape index (κ1) is 12.2. The molecule has 0 heterocycles. The van der Waals surface area contributed by atoms with Crippen LogP contribution in [-0.4, -0.2) is 13.9 Å². The molecular formula is C13H20OSi. The van der Waals surface area contributed by atoms with E-state index in [0.717, 1.165) is 0 Å². The Morgan fingerprint density at radius 2 is 1.73 bits per heavy atom. The molecule has 0 spiro atoms. The highest BCUT2D eigenvalue weighted by molar-refractivity contribution is 6.77. The Labute approximate surface area is 93.5 Å². The normalized spacial score (nSPS) is 13.6. The van der Waals surface area contributed by atoms with Gasteiger partial charge in [-0.2, -0.15) is 0 Å². The quantitative estimate of drug-likeness (QED) is 0.708. The molecule has 1 aromatic rings. The number of carbonyl (C=O) groups is 1. The van der Waals surface area contributed by atoms with E-state index in [0.29, 0.717) is 17.7 Å². The molecule has 1 aromatic carbocycles. The fourth-order valence-electron chi connectivity index (χ4n) is 1.90. The summed E-state index contributed by atoms with van der Waals surface area (Å²) in [5.74, 6) is 0.297. The van der Waals surface area contributed by atoms with Gasteiger partial charge in [0.2, 0.25) is 0 Å². The molecule has 0 fully saturated rings. The zero-order chi connectivity index (χ0) is 11.5. The summed E-state index contributed by atoms with van der Waals surface area (Å²) in [5.41, 5.74) is 1.78. The van der Waals surface area contributed by atoms with Crippen molar-refractivity contribution >= 4 is 13.9 Å². The van der Waals surface area contributed by atoms with E-state index in [1.54, 1.807) is 6.92 Å². The van der Waals surface area contributed by atoms with Gasteiger partial charge in [-0.05, 0) is 18.0 Å². The van der Waals surface area contributed by atoms with Crippen LogP contribution >= 0.6 is 0 Å². The maximum atomic E-state index is 11.3. The fraction of sp³-hybridized carbons (Fsp3) is 0.462. The van der Waals surface area contributed by atoms with Crippen molar-refractivity contribution in [2.24, 2.45) is 0 Å². The van der Waals surface area contributed by atoms with Crippen molar-refractivity contribution in [3.8, 4) is 0 Å². The molecule has 0 bridgehead atoms. The molecule has 0 saturated carbocycles. The van der Waals surface area contributed by atoms with Crippen molar-refractivity contribution < 1.29 is 4.79 Å². The van der Waals surface area contributed by atoms with Crippen LogP contribution in [0.3, 0.4) is 0 Å². The molecule has 1 nitrogen and oxygen atoms in total. The van der Waals surface area contributed by atoms with Gasteiger partial charge in [-0.3, -0.25) is 0 Å². The average Bonchev–Trinajstić information content (AvgIpc) is 2.14. The van der Waals surface area contributed by atoms with Gasteiger partial charge in [-0.25, -0.2) is 0 Å². The Balaban J connectivity index is 2.97. The number of rotatable bonds is 4. The van der Waals surface area contributed by atoms with Crippen LogP contribution < -0.4 is 0 Å². The number of benzene rings is 1. The third-order valence-electron chi connectivity index (χ3n) is 2.74. The number of Topliss-reactive ketones (excluding diaryl/α,β-unsaturated/α-hetero) is 1. The average molecular weight is 220 g/mol. The van der Waals surface area contributed by atoms with Crippen molar-refractivity contribution in [2.45, 2.75) is 38.5 Å². The molecule has 15 heavy (non-hydrogen) atoms. The Morgan fingerprint density at radius 1 is 1.20 bits per heavy atom. The Kier molecular flexibility index (Phi) is 3.86. The van der Waals surface area contributed by atoms with Gasteiger partial charge < -0.3 is 4.79 Å². The highest BCUT2D eigenvalue weighted by Crippen LogP contribution is 2.30. The van der Waals surface area contributed by atoms with Gasteiger partial charge in [0.05, 0.1) is 8.07 Å². The second kappa shape index (κ2) is 4.75. The fourth-order valence-corrected chi connectivity index (χ4v) is 3.99. The van der Waals surface area contributed by atoms with E-state index in [-0.39, 0.29) is 0 Å². The van der Waals surface area contributed by atoms with E-state index in [9.17, 15) is 4.79 Å². The van der Waals surface area contributed by atoms with Gasteiger partial charge in [-0.1, -0.05) is 50.0 Å². The summed E-state index contributed by atoms with van der Waals surface area (Å²) in [6.45, 7) is 8.67. The number of hydrogen-bond donors (Lipinski definition) is 0. The second-order valence-electron chi connectivity index (χ2n) is 5.24. The van der Waals surface area contributed by atoms with E-state index < -0.39 is 8.07 Å². The smallest absolute Gasteiger partial charge is 0.130 e. The number of hydrogen-bond acceptors (Lipinski definition) is 1. The van der Waals surface area contributed by atoms with Gasteiger partial charge in [0.1, 0.15) is 5.78 Å². The lowest BCUT2D eigenvalue weighted by atomic mass is 10.1. The molecule has 0 aliphatic rings. The van der Waals surface area contributed by atoms with E-state index >= 15 is 0 Å². The minimum absolute atomic E-state index is 0.297. The Hall–Kier alpha value is -0.893. The van der Waals surface area contributed by atoms with Crippen molar-refractivity contribution in [3.63, 3.8) is 0 Å². The van der Waals surface area contributed by atoms with Crippen LogP contribution in [0.15, 0.2) is 30.3 Å². The molecule has 0 aliphatic carbocycles. The van der Waals surface area contributed by atoms with Crippen LogP contribution in [0.2, 0.25) is 19.6 Å². The van der Waals surface area contributed by atoms with E-state index in [4.69, 9.17) is 0 Å². The SMILES string of the molecule is CC(=O)C[C@H](c1ccccc1)[Si](C)(C)C. The van der Waals surface area contributed by atoms with Crippen LogP contribution in [0.4, 0.5) is 0 Å². The standard InChI is InChI=1S/C13H20OSi/c1-11(14)10-13(15(2,3)4)12-8-6-5-7-9-12/h5-9,13H,10H2,1-4H3/t13-/m1/s1. The maximum Gasteiger partial charge on any atom is 0.130 e. The van der Waals surface area contributed by atoms with Crippen LogP contribution in [0.1, 0.15) is 24.4 Å². The molecule has 0 aromatic heterocycles. The van der Waals surface area contributed by atoms with Crippen molar-refractivity contribution in [1.82, 2.24) is 0 Å². The molecule has 82 valence electrons. The lowest BCUT2D eigenvalue weighted by Gasteiger charge is -2.28. The molecule has 0 saturated heterocycles. The lowest BCUT2D eigenvalue weighted by molar-refractivity contribution is -0.117. The first-order valence-electron chi connectivity index (χ1n) is 5.45. The van der Waals surface area contributed by atoms with Crippen molar-refractivity contribution in [2.75, 3.05) is 0 Å². The van der Waals surface area contributed by atoms with E-state index in [2.05, 4.69) is 43.9 Å². The summed E-state index contributed by atoms with van der Waals surface area (Å²) in [7, 11) is -1.31. The molecular weight excluding hydrogens is 200 g/mol. The molecule has 1 rings (SSSR count). The first-order valence-corrected chi connectivity index (χ1v) is 9.03. The highest BCUT2D eigenvalue weighted by atomic mass is 28.3. The number of carbonyl (C=O) groups excluding carboxylic acids is 1. The van der Waals surface area contributed by atoms with Gasteiger partial charge in [0, 0.05) is 6.42 Å². The maximum absolute atomic E-state index is 11.3. The summed E-state index contributed by atoms with van der Waals surface area (Å²) in [5, 5.41) is 0. The van der Waals surface area contributed by atoms with Crippen LogP contribution in [0, 0.1) is 0 Å². The van der Waals surface area contributed by atoms with Crippen molar-refractivity contribution in [1.29, 1.82) is 0 Å². The molecule has 2 heteroatoms.